The molecule has 2 bridgehead atoms. The van der Waals surface area contributed by atoms with Gasteiger partial charge in [0.1, 0.15) is 5.72 Å². The monoisotopic (exact) mass is 435 g/mol. The second-order valence-electron chi connectivity index (χ2n) is 8.87. The number of carbonyl (C=O) groups excluding carboxylic acids is 2. The van der Waals surface area contributed by atoms with Crippen molar-refractivity contribution in [1.29, 1.82) is 0 Å². The Morgan fingerprint density at radius 2 is 1.93 bits per heavy atom. The summed E-state index contributed by atoms with van der Waals surface area (Å²) in [7, 11) is -3.58. The summed E-state index contributed by atoms with van der Waals surface area (Å²) in [6, 6.07) is 6.69. The van der Waals surface area contributed by atoms with Gasteiger partial charge in [0.15, 0.2) is 9.84 Å². The molecular weight excluding hydrogens is 406 g/mol. The first kappa shape index (κ1) is 21.3. The number of sulfone groups is 1. The summed E-state index contributed by atoms with van der Waals surface area (Å²) in [5.41, 5.74) is -1.56. The van der Waals surface area contributed by atoms with Crippen molar-refractivity contribution in [2.75, 3.05) is 18.9 Å². The lowest BCUT2D eigenvalue weighted by molar-refractivity contribution is -0.175. The molecule has 1 aliphatic carbocycles. The number of rotatable bonds is 6. The third-order valence-electron chi connectivity index (χ3n) is 6.79. The van der Waals surface area contributed by atoms with Gasteiger partial charge in [0.25, 0.3) is 5.91 Å². The number of likely N-dealkylation sites (tertiary alicyclic amines) is 1. The SMILES string of the molecule is CCOC(=O)C12CC3CCC(C)CC3(O1)N(CCS(=O)(=O)c1ccc(C)cc1)C2=O. The Morgan fingerprint density at radius 1 is 1.23 bits per heavy atom. The maximum Gasteiger partial charge on any atom is 0.348 e. The second-order valence-corrected chi connectivity index (χ2v) is 11.0. The van der Waals surface area contributed by atoms with Crippen LogP contribution >= 0.6 is 0 Å². The number of ether oxygens (including phenoxy) is 2. The maximum atomic E-state index is 13.4. The highest BCUT2D eigenvalue weighted by Gasteiger charge is 2.74. The van der Waals surface area contributed by atoms with Crippen LogP contribution in [0.5, 0.6) is 0 Å². The van der Waals surface area contributed by atoms with Crippen molar-refractivity contribution in [3.05, 3.63) is 29.8 Å². The van der Waals surface area contributed by atoms with Crippen molar-refractivity contribution in [2.45, 2.75) is 62.7 Å². The molecule has 1 amide bonds. The third kappa shape index (κ3) is 3.15. The Kier molecular flexibility index (Phi) is 5.21. The minimum Gasteiger partial charge on any atom is -0.463 e. The van der Waals surface area contributed by atoms with Crippen LogP contribution in [0.25, 0.3) is 0 Å². The minimum absolute atomic E-state index is 0.000577. The van der Waals surface area contributed by atoms with Gasteiger partial charge in [-0.1, -0.05) is 31.0 Å². The van der Waals surface area contributed by atoms with Crippen LogP contribution in [-0.4, -0.2) is 55.4 Å². The molecule has 3 fully saturated rings. The molecule has 1 aromatic rings. The minimum atomic E-state index is -3.58. The highest BCUT2D eigenvalue weighted by molar-refractivity contribution is 7.91. The number of nitrogens with zero attached hydrogens (tertiary/aromatic N) is 1. The van der Waals surface area contributed by atoms with E-state index in [4.69, 9.17) is 9.47 Å². The molecule has 0 radical (unpaired) electrons. The molecule has 8 heteroatoms. The number of carbonyl (C=O) groups is 2. The Bertz CT molecular complexity index is 958. The zero-order valence-electron chi connectivity index (χ0n) is 17.7. The van der Waals surface area contributed by atoms with E-state index in [2.05, 4.69) is 6.92 Å². The third-order valence-corrected chi connectivity index (χ3v) is 8.50. The number of esters is 1. The summed E-state index contributed by atoms with van der Waals surface area (Å²) >= 11 is 0. The number of fused-ring (bicyclic) bond motifs is 1. The van der Waals surface area contributed by atoms with Crippen molar-refractivity contribution in [2.24, 2.45) is 11.8 Å². The molecule has 2 saturated heterocycles. The summed E-state index contributed by atoms with van der Waals surface area (Å²) in [5.74, 6) is -0.989. The van der Waals surface area contributed by atoms with E-state index in [0.717, 1.165) is 18.4 Å². The zero-order valence-corrected chi connectivity index (χ0v) is 18.5. The summed E-state index contributed by atoms with van der Waals surface area (Å²) in [5, 5.41) is 0. The zero-order chi connectivity index (χ0) is 21.7. The molecule has 3 aliphatic rings. The molecule has 0 aromatic heterocycles. The van der Waals surface area contributed by atoms with Crippen LogP contribution < -0.4 is 0 Å². The lowest BCUT2D eigenvalue weighted by atomic mass is 9.71. The summed E-state index contributed by atoms with van der Waals surface area (Å²) in [6.45, 7) is 5.85. The highest BCUT2D eigenvalue weighted by atomic mass is 32.2. The van der Waals surface area contributed by atoms with E-state index in [-0.39, 0.29) is 29.7 Å². The molecule has 30 heavy (non-hydrogen) atoms. The van der Waals surface area contributed by atoms with Gasteiger partial charge in [0, 0.05) is 18.9 Å². The van der Waals surface area contributed by atoms with Gasteiger partial charge in [-0.3, -0.25) is 4.79 Å². The standard InChI is InChI=1S/C22H29NO6S/c1-4-28-20(25)21-14-17-8-5-16(3)13-22(17,29-21)23(19(21)24)11-12-30(26,27)18-9-6-15(2)7-10-18/h6-7,9-10,16-17H,4-5,8,11-14H2,1-3H3. The van der Waals surface area contributed by atoms with Crippen molar-refractivity contribution >= 4 is 21.7 Å². The highest BCUT2D eigenvalue weighted by Crippen LogP contribution is 2.59. The van der Waals surface area contributed by atoms with Crippen molar-refractivity contribution < 1.29 is 27.5 Å². The molecule has 4 atom stereocenters. The Labute approximate surface area is 177 Å². The van der Waals surface area contributed by atoms with Gasteiger partial charge in [-0.25, -0.2) is 13.2 Å². The molecule has 2 aliphatic heterocycles. The fourth-order valence-corrected chi connectivity index (χ4v) is 6.50. The molecule has 1 spiro atoms. The number of benzene rings is 1. The van der Waals surface area contributed by atoms with E-state index in [9.17, 15) is 18.0 Å². The van der Waals surface area contributed by atoms with Crippen LogP contribution in [0.1, 0.15) is 45.1 Å². The number of amides is 1. The fourth-order valence-electron chi connectivity index (χ4n) is 5.29. The van der Waals surface area contributed by atoms with E-state index >= 15 is 0 Å². The quantitative estimate of drug-likeness (QED) is 0.504. The van der Waals surface area contributed by atoms with Crippen LogP contribution in [0.2, 0.25) is 0 Å². The average molecular weight is 436 g/mol. The molecule has 4 rings (SSSR count). The van der Waals surface area contributed by atoms with Crippen molar-refractivity contribution in [1.82, 2.24) is 4.90 Å². The van der Waals surface area contributed by atoms with Crippen LogP contribution in [-0.2, 0) is 28.9 Å². The van der Waals surface area contributed by atoms with E-state index in [1.54, 1.807) is 31.2 Å². The number of hydrogen-bond donors (Lipinski definition) is 0. The predicted molar refractivity (Wildman–Crippen MR) is 109 cm³/mol. The molecule has 4 unspecified atom stereocenters. The van der Waals surface area contributed by atoms with E-state index in [0.29, 0.717) is 18.8 Å². The predicted octanol–water partition coefficient (Wildman–Crippen LogP) is 2.47. The number of aryl methyl sites for hydroxylation is 1. The van der Waals surface area contributed by atoms with E-state index in [1.807, 2.05) is 6.92 Å². The first-order chi connectivity index (χ1) is 14.1. The van der Waals surface area contributed by atoms with Gasteiger partial charge in [0.2, 0.25) is 5.60 Å². The molecule has 0 N–H and O–H groups in total. The van der Waals surface area contributed by atoms with E-state index in [1.165, 1.54) is 4.90 Å². The lowest BCUT2D eigenvalue weighted by Gasteiger charge is -2.46. The molecule has 7 nitrogen and oxygen atoms in total. The Morgan fingerprint density at radius 3 is 2.60 bits per heavy atom. The molecule has 164 valence electrons. The van der Waals surface area contributed by atoms with Crippen molar-refractivity contribution in [3.63, 3.8) is 0 Å². The number of piperidine rings is 1. The topological polar surface area (TPSA) is 90.0 Å². The fraction of sp³-hybridized carbons (Fsp3) is 0.636. The number of hydrogen-bond acceptors (Lipinski definition) is 6. The molecule has 2 heterocycles. The normalized spacial score (nSPS) is 32.9. The molecular formula is C22H29NO6S. The van der Waals surface area contributed by atoms with Crippen LogP contribution in [0.15, 0.2) is 29.2 Å². The Hall–Kier alpha value is -1.93. The van der Waals surface area contributed by atoms with Crippen LogP contribution in [0, 0.1) is 18.8 Å². The first-order valence-electron chi connectivity index (χ1n) is 10.6. The van der Waals surface area contributed by atoms with Gasteiger partial charge in [-0.2, -0.15) is 0 Å². The van der Waals surface area contributed by atoms with Gasteiger partial charge >= 0.3 is 5.97 Å². The van der Waals surface area contributed by atoms with Gasteiger partial charge in [-0.15, -0.1) is 0 Å². The molecule has 1 saturated carbocycles. The van der Waals surface area contributed by atoms with Crippen LogP contribution in [0.3, 0.4) is 0 Å². The Balaban J connectivity index is 1.62. The van der Waals surface area contributed by atoms with Gasteiger partial charge in [-0.05, 0) is 44.7 Å². The smallest absolute Gasteiger partial charge is 0.348 e. The second kappa shape index (κ2) is 7.34. The summed E-state index contributed by atoms with van der Waals surface area (Å²) in [6.07, 6.45) is 2.77. The largest absolute Gasteiger partial charge is 0.463 e. The van der Waals surface area contributed by atoms with Crippen molar-refractivity contribution in [3.8, 4) is 0 Å². The summed E-state index contributed by atoms with van der Waals surface area (Å²) in [4.78, 5) is 27.9. The average Bonchev–Trinajstić information content (AvgIpc) is 3.15. The maximum absolute atomic E-state index is 13.4. The first-order valence-corrected chi connectivity index (χ1v) is 12.3. The van der Waals surface area contributed by atoms with E-state index < -0.39 is 33.0 Å². The van der Waals surface area contributed by atoms with Crippen LogP contribution in [0.4, 0.5) is 0 Å². The molecule has 1 aromatic carbocycles. The van der Waals surface area contributed by atoms with Gasteiger partial charge in [0.05, 0.1) is 17.3 Å². The van der Waals surface area contributed by atoms with Gasteiger partial charge < -0.3 is 14.4 Å². The lowest BCUT2D eigenvalue weighted by Crippen LogP contribution is -2.59. The summed E-state index contributed by atoms with van der Waals surface area (Å²) < 4.78 is 37.2.